The number of nitrogens with zero attached hydrogens (tertiary/aromatic N) is 2. The van der Waals surface area contributed by atoms with Crippen LogP contribution >= 0.6 is 0 Å². The Balaban J connectivity index is 1.97. The minimum absolute atomic E-state index is 0.261. The van der Waals surface area contributed by atoms with Gasteiger partial charge in [0.15, 0.2) is 0 Å². The van der Waals surface area contributed by atoms with E-state index in [1.807, 2.05) is 6.08 Å². The molecule has 1 atom stereocenters. The van der Waals surface area contributed by atoms with Crippen LogP contribution < -0.4 is 0 Å². The fourth-order valence-electron chi connectivity index (χ4n) is 2.91. The molecule has 3 nitrogen and oxygen atoms in total. The van der Waals surface area contributed by atoms with Gasteiger partial charge in [-0.3, -0.25) is 4.68 Å². The highest BCUT2D eigenvalue weighted by atomic mass is 16.3. The number of hydrogen-bond acceptors (Lipinski definition) is 2. The van der Waals surface area contributed by atoms with Crippen molar-refractivity contribution in [1.29, 1.82) is 0 Å². The molecule has 1 unspecified atom stereocenters. The molecule has 1 aromatic heterocycles. The summed E-state index contributed by atoms with van der Waals surface area (Å²) in [6.07, 6.45) is 5.69. The molecule has 19 heavy (non-hydrogen) atoms. The summed E-state index contributed by atoms with van der Waals surface area (Å²) in [7, 11) is 0. The van der Waals surface area contributed by atoms with Gasteiger partial charge in [-0.05, 0) is 32.3 Å². The lowest BCUT2D eigenvalue weighted by Gasteiger charge is -2.16. The molecule has 0 radical (unpaired) electrons. The topological polar surface area (TPSA) is 38.0 Å². The Morgan fingerprint density at radius 3 is 3.00 bits per heavy atom. The summed E-state index contributed by atoms with van der Waals surface area (Å²) in [6, 6.07) is 8.39. The molecule has 0 bridgehead atoms. The van der Waals surface area contributed by atoms with E-state index in [9.17, 15) is 5.11 Å². The number of aliphatic hydroxyl groups excluding tert-OH is 1. The average Bonchev–Trinajstić information content (AvgIpc) is 2.77. The molecule has 0 aliphatic heterocycles. The number of aliphatic hydroxyl groups is 1. The molecule has 3 rings (SSSR count). The molecule has 1 aromatic carbocycles. The van der Waals surface area contributed by atoms with Crippen LogP contribution in [0.5, 0.6) is 0 Å². The zero-order valence-electron chi connectivity index (χ0n) is 11.3. The van der Waals surface area contributed by atoms with E-state index in [1.165, 1.54) is 16.5 Å². The number of aryl methyl sites for hydroxylation is 1. The average molecular weight is 256 g/mol. The van der Waals surface area contributed by atoms with Crippen LogP contribution in [0.4, 0.5) is 0 Å². The monoisotopic (exact) mass is 256 g/mol. The summed E-state index contributed by atoms with van der Waals surface area (Å²) >= 11 is 0. The Hall–Kier alpha value is -1.61. The fourth-order valence-corrected chi connectivity index (χ4v) is 2.91. The highest BCUT2D eigenvalue weighted by Crippen LogP contribution is 2.25. The van der Waals surface area contributed by atoms with Gasteiger partial charge in [0.1, 0.15) is 0 Å². The van der Waals surface area contributed by atoms with Gasteiger partial charge in [-0.2, -0.15) is 5.10 Å². The quantitative estimate of drug-likeness (QED) is 0.857. The molecule has 1 aliphatic rings. The third-order valence-corrected chi connectivity index (χ3v) is 3.85. The molecule has 2 aromatic rings. The van der Waals surface area contributed by atoms with Crippen molar-refractivity contribution >= 4 is 10.9 Å². The maximum Gasteiger partial charge on any atom is 0.0743 e. The summed E-state index contributed by atoms with van der Waals surface area (Å²) in [5.41, 5.74) is 3.67. The van der Waals surface area contributed by atoms with Crippen molar-refractivity contribution in [2.45, 2.75) is 45.3 Å². The maximum atomic E-state index is 9.72. The predicted molar refractivity (Wildman–Crippen MR) is 77.1 cm³/mol. The van der Waals surface area contributed by atoms with Crippen molar-refractivity contribution < 1.29 is 5.11 Å². The lowest BCUT2D eigenvalue weighted by atomic mass is 9.94. The van der Waals surface area contributed by atoms with Gasteiger partial charge in [-0.25, -0.2) is 0 Å². The van der Waals surface area contributed by atoms with Crippen LogP contribution in [0, 0.1) is 0 Å². The summed E-state index contributed by atoms with van der Waals surface area (Å²) in [4.78, 5) is 0. The van der Waals surface area contributed by atoms with Crippen molar-refractivity contribution in [3.05, 3.63) is 41.6 Å². The van der Waals surface area contributed by atoms with E-state index in [1.54, 1.807) is 0 Å². The van der Waals surface area contributed by atoms with Crippen LogP contribution in [0.3, 0.4) is 0 Å². The van der Waals surface area contributed by atoms with Crippen LogP contribution in [0.15, 0.2) is 35.9 Å². The first-order chi connectivity index (χ1) is 9.28. The van der Waals surface area contributed by atoms with Crippen molar-refractivity contribution in [1.82, 2.24) is 9.78 Å². The lowest BCUT2D eigenvalue weighted by Crippen LogP contribution is -2.10. The molecule has 0 saturated carbocycles. The molecule has 0 spiro atoms. The summed E-state index contributed by atoms with van der Waals surface area (Å²) in [5, 5.41) is 15.7. The van der Waals surface area contributed by atoms with Gasteiger partial charge in [0.05, 0.1) is 17.3 Å². The van der Waals surface area contributed by atoms with Gasteiger partial charge < -0.3 is 5.11 Å². The highest BCUT2D eigenvalue weighted by Gasteiger charge is 2.15. The number of benzene rings is 1. The zero-order chi connectivity index (χ0) is 13.2. The second-order valence-corrected chi connectivity index (χ2v) is 5.24. The van der Waals surface area contributed by atoms with Crippen molar-refractivity contribution in [3.63, 3.8) is 0 Å². The van der Waals surface area contributed by atoms with Crippen LogP contribution in [0.2, 0.25) is 0 Å². The van der Waals surface area contributed by atoms with Crippen LogP contribution in [0.25, 0.3) is 10.9 Å². The maximum absolute atomic E-state index is 9.72. The molecule has 1 heterocycles. The van der Waals surface area contributed by atoms with E-state index < -0.39 is 0 Å². The Labute approximate surface area is 113 Å². The van der Waals surface area contributed by atoms with Crippen molar-refractivity contribution in [2.75, 3.05) is 0 Å². The third-order valence-electron chi connectivity index (χ3n) is 3.85. The van der Waals surface area contributed by atoms with E-state index in [0.717, 1.165) is 37.9 Å². The number of hydrogen-bond donors (Lipinski definition) is 1. The molecular formula is C16H20N2O. The van der Waals surface area contributed by atoms with Gasteiger partial charge >= 0.3 is 0 Å². The number of rotatable bonds is 3. The smallest absolute Gasteiger partial charge is 0.0743 e. The minimum Gasteiger partial charge on any atom is -0.389 e. The normalized spacial score (nSPS) is 19.7. The highest BCUT2D eigenvalue weighted by molar-refractivity contribution is 5.82. The van der Waals surface area contributed by atoms with Gasteiger partial charge in [0.25, 0.3) is 0 Å². The number of para-hydroxylation sites is 1. The number of allylic oxidation sites excluding steroid dienone is 1. The third kappa shape index (κ3) is 2.43. The molecule has 3 heteroatoms. The van der Waals surface area contributed by atoms with E-state index in [-0.39, 0.29) is 6.10 Å². The van der Waals surface area contributed by atoms with Crippen molar-refractivity contribution in [2.24, 2.45) is 0 Å². The van der Waals surface area contributed by atoms with Gasteiger partial charge in [-0.1, -0.05) is 29.8 Å². The Morgan fingerprint density at radius 2 is 2.21 bits per heavy atom. The molecular weight excluding hydrogens is 236 g/mol. The van der Waals surface area contributed by atoms with E-state index in [2.05, 4.69) is 35.9 Å². The van der Waals surface area contributed by atoms with Gasteiger partial charge in [-0.15, -0.1) is 0 Å². The first-order valence-corrected chi connectivity index (χ1v) is 7.10. The van der Waals surface area contributed by atoms with Crippen LogP contribution in [0.1, 0.15) is 31.9 Å². The largest absolute Gasteiger partial charge is 0.389 e. The summed E-state index contributed by atoms with van der Waals surface area (Å²) < 4.78 is 2.06. The molecule has 0 amide bonds. The first kappa shape index (κ1) is 12.4. The Kier molecular flexibility index (Phi) is 3.38. The molecule has 1 N–H and O–H groups in total. The fraction of sp³-hybridized carbons (Fsp3) is 0.438. The lowest BCUT2D eigenvalue weighted by molar-refractivity contribution is 0.202. The van der Waals surface area contributed by atoms with Crippen LogP contribution in [-0.4, -0.2) is 21.0 Å². The SMILES string of the molecule is CCn1nc(CC2=CC(O)CCC2)c2ccccc21. The van der Waals surface area contributed by atoms with E-state index >= 15 is 0 Å². The van der Waals surface area contributed by atoms with Gasteiger partial charge in [0, 0.05) is 18.4 Å². The molecule has 1 aliphatic carbocycles. The zero-order valence-corrected chi connectivity index (χ0v) is 11.3. The van der Waals surface area contributed by atoms with Crippen molar-refractivity contribution in [3.8, 4) is 0 Å². The Bertz CT molecular complexity index is 612. The number of aromatic nitrogens is 2. The van der Waals surface area contributed by atoms with E-state index in [4.69, 9.17) is 5.10 Å². The summed E-state index contributed by atoms with van der Waals surface area (Å²) in [5.74, 6) is 0. The standard InChI is InChI=1S/C16H20N2O/c1-2-18-16-9-4-3-8-14(16)15(17-18)11-12-6-5-7-13(19)10-12/h3-4,8-10,13,19H,2,5-7,11H2,1H3. The minimum atomic E-state index is -0.261. The predicted octanol–water partition coefficient (Wildman–Crippen LogP) is 3.07. The second kappa shape index (κ2) is 5.17. The Morgan fingerprint density at radius 1 is 1.37 bits per heavy atom. The van der Waals surface area contributed by atoms with E-state index in [0.29, 0.717) is 0 Å². The molecule has 0 fully saturated rings. The second-order valence-electron chi connectivity index (χ2n) is 5.24. The van der Waals surface area contributed by atoms with Crippen LogP contribution in [-0.2, 0) is 13.0 Å². The number of fused-ring (bicyclic) bond motifs is 1. The van der Waals surface area contributed by atoms with Gasteiger partial charge in [0.2, 0.25) is 0 Å². The molecule has 0 saturated heterocycles. The first-order valence-electron chi connectivity index (χ1n) is 7.10. The summed E-state index contributed by atoms with van der Waals surface area (Å²) in [6.45, 7) is 3.01. The molecule has 100 valence electrons.